The van der Waals surface area contributed by atoms with Crippen molar-refractivity contribution < 1.29 is 13.9 Å². The van der Waals surface area contributed by atoms with E-state index >= 15 is 0 Å². The second-order valence-corrected chi connectivity index (χ2v) is 8.82. The maximum absolute atomic E-state index is 11.9. The molecule has 0 fully saturated rings. The molecule has 31 heavy (non-hydrogen) atoms. The number of rotatable bonds is 8. The van der Waals surface area contributed by atoms with Gasteiger partial charge in [-0.3, -0.25) is 5.32 Å². The Hall–Kier alpha value is -2.90. The van der Waals surface area contributed by atoms with E-state index in [0.717, 1.165) is 22.5 Å². The maximum Gasteiger partial charge on any atom is 0.411 e. The average Bonchev–Trinajstić information content (AvgIpc) is 3.20. The van der Waals surface area contributed by atoms with E-state index in [1.165, 1.54) is 16.0 Å². The minimum Gasteiger partial charge on any atom is -0.448 e. The molecular formula is C24H22N2O3S2. The summed E-state index contributed by atoms with van der Waals surface area (Å²) in [6.07, 6.45) is -0.438. The van der Waals surface area contributed by atoms with E-state index in [0.29, 0.717) is 17.6 Å². The van der Waals surface area contributed by atoms with Gasteiger partial charge in [-0.1, -0.05) is 54.2 Å². The fourth-order valence-corrected chi connectivity index (χ4v) is 4.80. The summed E-state index contributed by atoms with van der Waals surface area (Å²) in [5, 5.41) is 3.39. The standard InChI is InChI=1S/C24H22N2O3S2/c1-17-18(16-31-24-26-20-11-5-6-12-21(20)29-24)8-7-13-22(17)30-15-14-28-23(27)25-19-9-3-2-4-10-19/h2-13H,14-16H2,1H3,(H,25,27). The summed E-state index contributed by atoms with van der Waals surface area (Å²) in [6.45, 7) is 2.46. The van der Waals surface area contributed by atoms with Crippen LogP contribution in [0.4, 0.5) is 10.5 Å². The molecule has 0 saturated heterocycles. The van der Waals surface area contributed by atoms with Crippen molar-refractivity contribution in [2.24, 2.45) is 0 Å². The Labute approximate surface area is 189 Å². The number of carbonyl (C=O) groups is 1. The second-order valence-electron chi connectivity index (χ2n) is 6.75. The first-order chi connectivity index (χ1) is 15.2. The fourth-order valence-electron chi connectivity index (χ4n) is 2.99. The zero-order valence-electron chi connectivity index (χ0n) is 17.0. The van der Waals surface area contributed by atoms with Gasteiger partial charge in [0.05, 0.1) is 0 Å². The maximum atomic E-state index is 11.9. The molecule has 0 radical (unpaired) electrons. The monoisotopic (exact) mass is 450 g/mol. The summed E-state index contributed by atoms with van der Waals surface area (Å²) in [7, 11) is 0. The molecule has 5 nitrogen and oxygen atoms in total. The van der Waals surface area contributed by atoms with Crippen LogP contribution in [0, 0.1) is 6.92 Å². The van der Waals surface area contributed by atoms with Crippen molar-refractivity contribution in [3.8, 4) is 0 Å². The van der Waals surface area contributed by atoms with Gasteiger partial charge in [0.25, 0.3) is 5.22 Å². The van der Waals surface area contributed by atoms with E-state index in [-0.39, 0.29) is 0 Å². The van der Waals surface area contributed by atoms with Crippen molar-refractivity contribution in [3.05, 3.63) is 83.9 Å². The molecule has 1 aromatic heterocycles. The van der Waals surface area contributed by atoms with E-state index < -0.39 is 6.09 Å². The van der Waals surface area contributed by atoms with Gasteiger partial charge in [-0.2, -0.15) is 0 Å². The van der Waals surface area contributed by atoms with Gasteiger partial charge in [-0.15, -0.1) is 11.8 Å². The predicted molar refractivity (Wildman–Crippen MR) is 127 cm³/mol. The van der Waals surface area contributed by atoms with Gasteiger partial charge in [0.2, 0.25) is 0 Å². The highest BCUT2D eigenvalue weighted by Gasteiger charge is 2.10. The van der Waals surface area contributed by atoms with Crippen LogP contribution in [0.25, 0.3) is 11.1 Å². The van der Waals surface area contributed by atoms with Crippen molar-refractivity contribution in [2.45, 2.75) is 22.8 Å². The Balaban J connectivity index is 1.26. The van der Waals surface area contributed by atoms with Gasteiger partial charge in [-0.25, -0.2) is 9.78 Å². The number of benzene rings is 3. The molecule has 7 heteroatoms. The highest BCUT2D eigenvalue weighted by molar-refractivity contribution is 7.99. The Kier molecular flexibility index (Phi) is 7.17. The third-order valence-electron chi connectivity index (χ3n) is 4.62. The number of para-hydroxylation sites is 3. The molecule has 4 aromatic rings. The van der Waals surface area contributed by atoms with Crippen molar-refractivity contribution in [1.29, 1.82) is 0 Å². The average molecular weight is 451 g/mol. The Morgan fingerprint density at radius 3 is 2.65 bits per heavy atom. The molecule has 1 amide bonds. The molecule has 0 unspecified atom stereocenters. The number of thioether (sulfide) groups is 2. The van der Waals surface area contributed by atoms with Crippen molar-refractivity contribution in [2.75, 3.05) is 17.7 Å². The summed E-state index contributed by atoms with van der Waals surface area (Å²) < 4.78 is 11.1. The lowest BCUT2D eigenvalue weighted by Gasteiger charge is -2.11. The summed E-state index contributed by atoms with van der Waals surface area (Å²) in [4.78, 5) is 17.6. The minimum atomic E-state index is -0.438. The lowest BCUT2D eigenvalue weighted by molar-refractivity contribution is 0.169. The van der Waals surface area contributed by atoms with Gasteiger partial charge in [0, 0.05) is 22.1 Å². The Bertz CT molecular complexity index is 1130. The SMILES string of the molecule is Cc1c(CSc2nc3ccccc3o2)cccc1SCCOC(=O)Nc1ccccc1. The van der Waals surface area contributed by atoms with E-state index in [9.17, 15) is 4.79 Å². The first-order valence-electron chi connectivity index (χ1n) is 9.87. The number of fused-ring (bicyclic) bond motifs is 1. The number of anilines is 1. The number of nitrogens with one attached hydrogen (secondary N) is 1. The number of nitrogens with zero attached hydrogens (tertiary/aromatic N) is 1. The molecule has 1 N–H and O–H groups in total. The first kappa shape index (κ1) is 21.3. The van der Waals surface area contributed by atoms with Crippen LogP contribution in [0.1, 0.15) is 11.1 Å². The van der Waals surface area contributed by atoms with Gasteiger partial charge >= 0.3 is 6.09 Å². The van der Waals surface area contributed by atoms with E-state index in [4.69, 9.17) is 9.15 Å². The zero-order chi connectivity index (χ0) is 21.5. The number of carbonyl (C=O) groups excluding carboxylic acids is 1. The molecule has 0 aliphatic rings. The molecule has 0 atom stereocenters. The van der Waals surface area contributed by atoms with Crippen LogP contribution < -0.4 is 5.32 Å². The van der Waals surface area contributed by atoms with Crippen LogP contribution in [0.2, 0.25) is 0 Å². The predicted octanol–water partition coefficient (Wildman–Crippen LogP) is 6.77. The molecule has 0 aliphatic carbocycles. The van der Waals surface area contributed by atoms with Gasteiger partial charge in [0.1, 0.15) is 12.1 Å². The zero-order valence-corrected chi connectivity index (χ0v) is 18.7. The van der Waals surface area contributed by atoms with Crippen LogP contribution in [0.15, 0.2) is 87.3 Å². The van der Waals surface area contributed by atoms with Gasteiger partial charge in [-0.05, 0) is 48.4 Å². The van der Waals surface area contributed by atoms with Crippen molar-refractivity contribution >= 4 is 46.4 Å². The number of ether oxygens (including phenoxy) is 1. The third-order valence-corrected chi connectivity index (χ3v) is 6.62. The smallest absolute Gasteiger partial charge is 0.411 e. The molecule has 0 bridgehead atoms. The third kappa shape index (κ3) is 5.83. The number of amides is 1. The molecule has 158 valence electrons. The molecule has 0 aliphatic heterocycles. The lowest BCUT2D eigenvalue weighted by atomic mass is 10.1. The first-order valence-corrected chi connectivity index (χ1v) is 11.8. The van der Waals surface area contributed by atoms with Crippen LogP contribution in [0.5, 0.6) is 0 Å². The largest absolute Gasteiger partial charge is 0.448 e. The summed E-state index contributed by atoms with van der Waals surface area (Å²) in [6, 6.07) is 23.3. The highest BCUT2D eigenvalue weighted by Crippen LogP contribution is 2.30. The fraction of sp³-hybridized carbons (Fsp3) is 0.167. The van der Waals surface area contributed by atoms with Crippen molar-refractivity contribution in [1.82, 2.24) is 4.98 Å². The lowest BCUT2D eigenvalue weighted by Crippen LogP contribution is -2.15. The summed E-state index contributed by atoms with van der Waals surface area (Å²) >= 11 is 3.27. The number of hydrogen-bond acceptors (Lipinski definition) is 6. The minimum absolute atomic E-state index is 0.338. The summed E-state index contributed by atoms with van der Waals surface area (Å²) in [5.74, 6) is 1.47. The second kappa shape index (κ2) is 10.4. The summed E-state index contributed by atoms with van der Waals surface area (Å²) in [5.41, 5.74) is 4.87. The number of aromatic nitrogens is 1. The van der Waals surface area contributed by atoms with E-state index in [2.05, 4.69) is 35.4 Å². The molecule has 1 heterocycles. The number of oxazole rings is 1. The number of hydrogen-bond donors (Lipinski definition) is 1. The molecular weight excluding hydrogens is 428 g/mol. The topological polar surface area (TPSA) is 64.4 Å². The quantitative estimate of drug-likeness (QED) is 0.236. The van der Waals surface area contributed by atoms with Crippen LogP contribution in [-0.4, -0.2) is 23.4 Å². The Morgan fingerprint density at radius 1 is 1.00 bits per heavy atom. The molecule has 3 aromatic carbocycles. The van der Waals surface area contributed by atoms with Gasteiger partial charge in [0.15, 0.2) is 5.58 Å². The Morgan fingerprint density at radius 2 is 1.81 bits per heavy atom. The molecule has 0 spiro atoms. The van der Waals surface area contributed by atoms with E-state index in [1.807, 2.05) is 54.6 Å². The van der Waals surface area contributed by atoms with Crippen LogP contribution in [-0.2, 0) is 10.5 Å². The molecule has 0 saturated carbocycles. The van der Waals surface area contributed by atoms with Crippen LogP contribution >= 0.6 is 23.5 Å². The van der Waals surface area contributed by atoms with E-state index in [1.54, 1.807) is 23.5 Å². The normalized spacial score (nSPS) is 10.9. The van der Waals surface area contributed by atoms with Crippen LogP contribution in [0.3, 0.4) is 0 Å². The highest BCUT2D eigenvalue weighted by atomic mass is 32.2. The van der Waals surface area contributed by atoms with Gasteiger partial charge < -0.3 is 9.15 Å². The van der Waals surface area contributed by atoms with Crippen molar-refractivity contribution in [3.63, 3.8) is 0 Å². The molecule has 4 rings (SSSR count).